The average molecular weight is 771 g/mol. The van der Waals surface area contributed by atoms with Crippen LogP contribution in [0.2, 0.25) is 0 Å². The number of hydrogen-bond donors (Lipinski definition) is 1. The van der Waals surface area contributed by atoms with Gasteiger partial charge in [0, 0.05) is 59.3 Å². The largest absolute Gasteiger partial charge is 0.512 e. The molecule has 0 spiro atoms. The minimum atomic E-state index is 0. The van der Waals surface area contributed by atoms with Crippen molar-refractivity contribution in [1.82, 2.24) is 4.98 Å². The maximum absolute atomic E-state index is 11.7. The van der Waals surface area contributed by atoms with Crippen LogP contribution in [0.4, 0.5) is 0 Å². The monoisotopic (exact) mass is 771 g/mol. The number of aliphatic hydroxyl groups excluding tert-OH is 1. The predicted octanol–water partition coefficient (Wildman–Crippen LogP) is 11.2. The van der Waals surface area contributed by atoms with Crippen molar-refractivity contribution >= 4 is 48.1 Å². The minimum Gasteiger partial charge on any atom is -0.512 e. The molecular formula is C38H44IrNO2S-. The normalized spacial score (nSPS) is 12.1. The molecule has 2 aromatic heterocycles. The van der Waals surface area contributed by atoms with E-state index >= 15 is 0 Å². The molecule has 3 nitrogen and oxygen atoms in total. The Bertz CT molecular complexity index is 1700. The summed E-state index contributed by atoms with van der Waals surface area (Å²) in [5.74, 6) is 0.547. The second-order valence-electron chi connectivity index (χ2n) is 12.0. The van der Waals surface area contributed by atoms with Crippen LogP contribution < -0.4 is 0 Å². The van der Waals surface area contributed by atoms with Crippen molar-refractivity contribution in [1.29, 1.82) is 0 Å². The number of carbonyl (C=O) groups excluding carboxylic acids is 1. The summed E-state index contributed by atoms with van der Waals surface area (Å²) in [6, 6.07) is 25.2. The maximum Gasteiger partial charge on any atom is 0.162 e. The van der Waals surface area contributed by atoms with E-state index in [1.807, 2.05) is 45.2 Å². The molecule has 0 atom stereocenters. The van der Waals surface area contributed by atoms with Crippen molar-refractivity contribution < 1.29 is 30.0 Å². The van der Waals surface area contributed by atoms with Crippen LogP contribution in [-0.4, -0.2) is 15.9 Å². The van der Waals surface area contributed by atoms with Crippen molar-refractivity contribution in [2.24, 2.45) is 11.8 Å². The molecule has 0 saturated carbocycles. The van der Waals surface area contributed by atoms with E-state index in [2.05, 4.69) is 87.5 Å². The third kappa shape index (κ3) is 7.81. The number of carbonyl (C=O) groups is 1. The second kappa shape index (κ2) is 15.2. The summed E-state index contributed by atoms with van der Waals surface area (Å²) in [5.41, 5.74) is 3.49. The molecule has 2 heterocycles. The summed E-state index contributed by atoms with van der Waals surface area (Å²) < 4.78 is 2.58. The number of fused-ring (bicyclic) bond motifs is 4. The van der Waals surface area contributed by atoms with Crippen LogP contribution in [0.15, 0.2) is 78.7 Å². The molecule has 0 aliphatic carbocycles. The second-order valence-corrected chi connectivity index (χ2v) is 13.1. The van der Waals surface area contributed by atoms with Gasteiger partial charge in [0.1, 0.15) is 0 Å². The minimum absolute atomic E-state index is 0. The number of ketones is 1. The molecular weight excluding hydrogens is 727 g/mol. The first-order valence-electron chi connectivity index (χ1n) is 15.3. The quantitative estimate of drug-likeness (QED) is 0.0971. The van der Waals surface area contributed by atoms with Crippen molar-refractivity contribution in [3.63, 3.8) is 0 Å². The van der Waals surface area contributed by atoms with Crippen molar-refractivity contribution in [3.8, 4) is 11.3 Å². The van der Waals surface area contributed by atoms with Crippen LogP contribution in [0.3, 0.4) is 0 Å². The molecule has 0 saturated heterocycles. The summed E-state index contributed by atoms with van der Waals surface area (Å²) in [6.07, 6.45) is 6.83. The van der Waals surface area contributed by atoms with E-state index in [9.17, 15) is 9.90 Å². The third-order valence-electron chi connectivity index (χ3n) is 8.21. The van der Waals surface area contributed by atoms with E-state index < -0.39 is 0 Å². The molecule has 3 aromatic carbocycles. The van der Waals surface area contributed by atoms with Gasteiger partial charge in [-0.15, -0.1) is 40.5 Å². The van der Waals surface area contributed by atoms with E-state index in [1.54, 1.807) is 0 Å². The summed E-state index contributed by atoms with van der Waals surface area (Å²) >= 11 is 1.83. The summed E-state index contributed by atoms with van der Waals surface area (Å²) in [5, 5.41) is 14.7. The Morgan fingerprint density at radius 2 is 1.49 bits per heavy atom. The molecule has 229 valence electrons. The van der Waals surface area contributed by atoms with Gasteiger partial charge in [-0.3, -0.25) is 9.78 Å². The van der Waals surface area contributed by atoms with Crippen LogP contribution in [0.25, 0.3) is 42.2 Å². The fourth-order valence-corrected chi connectivity index (χ4v) is 6.73. The zero-order valence-corrected chi connectivity index (χ0v) is 29.7. The number of aliphatic hydroxyl groups is 1. The van der Waals surface area contributed by atoms with Gasteiger partial charge in [-0.25, -0.2) is 0 Å². The van der Waals surface area contributed by atoms with E-state index in [4.69, 9.17) is 4.98 Å². The molecule has 5 aromatic rings. The molecule has 0 unspecified atom stereocenters. The standard InChI is InChI=1S/C25H20NS.C13H24O2.Ir/c1-25(2,3)20-15-17(14-16-8-4-5-9-18(16)20)24-23-19-10-6-7-11-21(19)27-22(23)12-13-26-24;1-5-10(6-2)12(14)9-13(15)11(7-3)8-4;/h4-13,15H,1-3H3;9-11,14H,5-8H2,1-4H3;/q-1;;/b;12-9-;. The number of aromatic nitrogens is 1. The number of nitrogens with zero attached hydrogens (tertiary/aromatic N) is 1. The fourth-order valence-electron chi connectivity index (χ4n) is 5.63. The summed E-state index contributed by atoms with van der Waals surface area (Å²) in [7, 11) is 0. The smallest absolute Gasteiger partial charge is 0.162 e. The van der Waals surface area contributed by atoms with Gasteiger partial charge in [0.05, 0.1) is 5.76 Å². The van der Waals surface area contributed by atoms with Crippen LogP contribution in [0.5, 0.6) is 0 Å². The van der Waals surface area contributed by atoms with Gasteiger partial charge in [0.15, 0.2) is 5.78 Å². The number of rotatable bonds is 8. The van der Waals surface area contributed by atoms with E-state index in [-0.39, 0.29) is 48.9 Å². The molecule has 0 aliphatic rings. The first-order valence-corrected chi connectivity index (χ1v) is 16.1. The van der Waals surface area contributed by atoms with Crippen LogP contribution in [0.1, 0.15) is 79.7 Å². The van der Waals surface area contributed by atoms with Crippen molar-refractivity contribution in [3.05, 3.63) is 90.3 Å². The fraction of sp³-hybridized carbons (Fsp3) is 0.368. The van der Waals surface area contributed by atoms with Gasteiger partial charge < -0.3 is 5.11 Å². The van der Waals surface area contributed by atoms with Gasteiger partial charge >= 0.3 is 0 Å². The average Bonchev–Trinajstić information content (AvgIpc) is 3.36. The zero-order chi connectivity index (χ0) is 30.4. The van der Waals surface area contributed by atoms with Crippen LogP contribution in [0, 0.1) is 17.9 Å². The SMILES string of the molecule is CC(C)(C)c1cc(-c2nccc3sc4ccccc4c23)[c-]c2ccccc12.CCC(CC)C(=O)/C=C(\O)C(CC)CC.[Ir]. The molecule has 1 N–H and O–H groups in total. The number of pyridine rings is 1. The van der Waals surface area contributed by atoms with E-state index in [0.717, 1.165) is 42.3 Å². The maximum atomic E-state index is 11.7. The van der Waals surface area contributed by atoms with E-state index in [0.29, 0.717) is 0 Å². The van der Waals surface area contributed by atoms with Crippen LogP contribution >= 0.6 is 11.3 Å². The zero-order valence-electron chi connectivity index (χ0n) is 26.5. The van der Waals surface area contributed by atoms with Crippen molar-refractivity contribution in [2.45, 2.75) is 79.6 Å². The molecule has 43 heavy (non-hydrogen) atoms. The van der Waals surface area contributed by atoms with Gasteiger partial charge in [-0.1, -0.05) is 95.8 Å². The Morgan fingerprint density at radius 1 is 0.884 bits per heavy atom. The molecule has 1 radical (unpaired) electrons. The van der Waals surface area contributed by atoms with Gasteiger partial charge in [-0.05, 0) is 54.0 Å². The summed E-state index contributed by atoms with van der Waals surface area (Å²) in [4.78, 5) is 16.5. The predicted molar refractivity (Wildman–Crippen MR) is 181 cm³/mol. The number of thiophene rings is 1. The van der Waals surface area contributed by atoms with Gasteiger partial charge in [-0.2, -0.15) is 0 Å². The summed E-state index contributed by atoms with van der Waals surface area (Å²) in [6.45, 7) is 14.9. The number of benzene rings is 3. The number of allylic oxidation sites excluding steroid dienone is 2. The van der Waals surface area contributed by atoms with Crippen LogP contribution in [-0.2, 0) is 30.3 Å². The Kier molecular flexibility index (Phi) is 12.3. The van der Waals surface area contributed by atoms with E-state index in [1.165, 1.54) is 37.2 Å². The van der Waals surface area contributed by atoms with Gasteiger partial charge in [0.2, 0.25) is 0 Å². The molecule has 5 rings (SSSR count). The first kappa shape index (κ1) is 34.6. The third-order valence-corrected chi connectivity index (χ3v) is 9.35. The number of hydrogen-bond acceptors (Lipinski definition) is 4. The Labute approximate surface area is 274 Å². The first-order chi connectivity index (χ1) is 20.1. The Balaban J connectivity index is 0.000000274. The Hall–Kier alpha value is -2.85. The molecule has 5 heteroatoms. The molecule has 0 fully saturated rings. The molecule has 0 aliphatic heterocycles. The molecule has 0 bridgehead atoms. The molecule has 0 amide bonds. The van der Waals surface area contributed by atoms with Gasteiger partial charge in [0.25, 0.3) is 0 Å². The topological polar surface area (TPSA) is 50.2 Å². The van der Waals surface area contributed by atoms with Crippen molar-refractivity contribution in [2.75, 3.05) is 0 Å². The Morgan fingerprint density at radius 3 is 2.12 bits per heavy atom.